The highest BCUT2D eigenvalue weighted by atomic mass is 19.4. The molecule has 0 amide bonds. The van der Waals surface area contributed by atoms with Crippen molar-refractivity contribution in [2.75, 3.05) is 0 Å². The molecule has 1 nitrogen and oxygen atoms in total. The van der Waals surface area contributed by atoms with Crippen molar-refractivity contribution in [1.29, 1.82) is 0 Å². The van der Waals surface area contributed by atoms with Crippen molar-refractivity contribution in [3.8, 4) is 24.7 Å². The average molecular weight is 382 g/mol. The summed E-state index contributed by atoms with van der Waals surface area (Å²) in [6.07, 6.45) is -1.03. The predicted octanol–water partition coefficient (Wildman–Crippen LogP) is 5.79. The average Bonchev–Trinajstić information content (AvgIpc) is 2.61. The first-order valence-electron chi connectivity index (χ1n) is 7.48. The number of alkyl halides is 6. The number of terminal acetylenes is 2. The van der Waals surface area contributed by atoms with Crippen LogP contribution in [0, 0.1) is 24.7 Å². The Hall–Kier alpha value is -2.90. The van der Waals surface area contributed by atoms with Crippen molar-refractivity contribution >= 4 is 0 Å². The smallest absolute Gasteiger partial charge is 0.340 e. The molecule has 2 rings (SSSR count). The minimum Gasteiger partial charge on any atom is -0.340 e. The fourth-order valence-corrected chi connectivity index (χ4v) is 2.32. The van der Waals surface area contributed by atoms with Gasteiger partial charge in [0.05, 0.1) is 11.1 Å². The van der Waals surface area contributed by atoms with E-state index >= 15 is 0 Å². The number of halogens is 6. The molecule has 0 saturated carbocycles. The quantitative estimate of drug-likeness (QED) is 0.480. The lowest BCUT2D eigenvalue weighted by atomic mass is 10.0. The normalized spacial score (nSPS) is 14.1. The summed E-state index contributed by atoms with van der Waals surface area (Å²) in [4.78, 5) is 0. The topological polar surface area (TPSA) is 9.23 Å². The molecule has 0 spiro atoms. The van der Waals surface area contributed by atoms with Crippen LogP contribution >= 0.6 is 0 Å². The van der Waals surface area contributed by atoms with E-state index < -0.39 is 35.7 Å². The van der Waals surface area contributed by atoms with Crippen LogP contribution in [0.1, 0.15) is 34.5 Å². The molecule has 0 aliphatic carbocycles. The van der Waals surface area contributed by atoms with Gasteiger partial charge >= 0.3 is 12.4 Å². The minimum absolute atomic E-state index is 0.0135. The van der Waals surface area contributed by atoms with Gasteiger partial charge in [-0.25, -0.2) is 0 Å². The number of benzene rings is 2. The highest BCUT2D eigenvalue weighted by Gasteiger charge is 2.32. The van der Waals surface area contributed by atoms with Crippen molar-refractivity contribution in [2.24, 2.45) is 0 Å². The van der Waals surface area contributed by atoms with E-state index in [4.69, 9.17) is 17.6 Å². The lowest BCUT2D eigenvalue weighted by Gasteiger charge is -2.20. The summed E-state index contributed by atoms with van der Waals surface area (Å²) in [7, 11) is 0. The van der Waals surface area contributed by atoms with E-state index in [1.807, 2.05) is 0 Å². The van der Waals surface area contributed by atoms with Crippen LogP contribution in [0.25, 0.3) is 0 Å². The van der Waals surface area contributed by atoms with Gasteiger partial charge in [-0.05, 0) is 35.4 Å². The summed E-state index contributed by atoms with van der Waals surface area (Å²) in [5.74, 6) is 4.34. The first-order valence-corrected chi connectivity index (χ1v) is 7.48. The Bertz CT molecular complexity index is 809. The van der Waals surface area contributed by atoms with Crippen LogP contribution in [-0.2, 0) is 17.1 Å². The summed E-state index contributed by atoms with van der Waals surface area (Å²) in [5, 5.41) is 0. The maximum Gasteiger partial charge on any atom is 0.416 e. The summed E-state index contributed by atoms with van der Waals surface area (Å²) >= 11 is 0. The Morgan fingerprint density at radius 3 is 1.37 bits per heavy atom. The molecule has 0 aromatic heterocycles. The maximum atomic E-state index is 12.9. The molecular formula is C20H12F6O. The largest absolute Gasteiger partial charge is 0.416 e. The zero-order valence-corrected chi connectivity index (χ0v) is 13.6. The number of ether oxygens (including phenoxy) is 1. The van der Waals surface area contributed by atoms with Crippen LogP contribution in [-0.4, -0.2) is 0 Å². The molecule has 0 radical (unpaired) electrons. The Balaban J connectivity index is 2.33. The summed E-state index contributed by atoms with van der Waals surface area (Å²) < 4.78 is 82.6. The van der Waals surface area contributed by atoms with E-state index in [2.05, 4.69) is 11.8 Å². The Morgan fingerprint density at radius 1 is 0.704 bits per heavy atom. The van der Waals surface area contributed by atoms with Gasteiger partial charge in [0.15, 0.2) is 0 Å². The van der Waals surface area contributed by atoms with Gasteiger partial charge in [0.25, 0.3) is 0 Å². The molecule has 0 bridgehead atoms. The SMILES string of the molecule is C#CC(OC(C#C)c1cccc(C(F)(F)F)c1)c1cccc(C(F)(F)F)c1. The standard InChI is InChI=1S/C20H12F6O/c1-3-17(13-7-5-9-15(11-13)19(21,22)23)27-18(4-2)14-8-6-10-16(12-14)20(24,25)26/h1-2,5-12,17-18H. The molecule has 0 aliphatic rings. The van der Waals surface area contributed by atoms with Crippen LogP contribution in [0.4, 0.5) is 26.3 Å². The molecule has 0 aliphatic heterocycles. The zero-order chi connectivity index (χ0) is 20.2. The van der Waals surface area contributed by atoms with E-state index in [0.29, 0.717) is 0 Å². The summed E-state index contributed by atoms with van der Waals surface area (Å²) in [6, 6.07) is 8.29. The second-order valence-corrected chi connectivity index (χ2v) is 5.48. The molecule has 2 aromatic carbocycles. The maximum absolute atomic E-state index is 12.9. The molecular weight excluding hydrogens is 370 g/mol. The first kappa shape index (κ1) is 20.4. The van der Waals surface area contributed by atoms with Crippen LogP contribution in [0.5, 0.6) is 0 Å². The van der Waals surface area contributed by atoms with Gasteiger partial charge < -0.3 is 4.74 Å². The molecule has 140 valence electrons. The van der Waals surface area contributed by atoms with Crippen molar-refractivity contribution in [1.82, 2.24) is 0 Å². The molecule has 0 N–H and O–H groups in total. The van der Waals surface area contributed by atoms with Gasteiger partial charge in [-0.1, -0.05) is 36.1 Å². The second-order valence-electron chi connectivity index (χ2n) is 5.48. The van der Waals surface area contributed by atoms with E-state index in [1.54, 1.807) is 0 Å². The van der Waals surface area contributed by atoms with Crippen LogP contribution in [0.3, 0.4) is 0 Å². The van der Waals surface area contributed by atoms with Gasteiger partial charge in [-0.3, -0.25) is 0 Å². The Labute approximate surface area is 152 Å². The third-order valence-corrected chi connectivity index (χ3v) is 3.61. The molecule has 0 heterocycles. The van der Waals surface area contributed by atoms with E-state index in [9.17, 15) is 26.3 Å². The number of rotatable bonds is 4. The van der Waals surface area contributed by atoms with Gasteiger partial charge in [0, 0.05) is 0 Å². The molecule has 0 saturated heterocycles. The monoisotopic (exact) mass is 382 g/mol. The molecule has 27 heavy (non-hydrogen) atoms. The van der Waals surface area contributed by atoms with Crippen LogP contribution in [0.15, 0.2) is 48.5 Å². The lowest BCUT2D eigenvalue weighted by Crippen LogP contribution is -2.12. The summed E-state index contributed by atoms with van der Waals surface area (Å²) in [6.45, 7) is 0. The van der Waals surface area contributed by atoms with Gasteiger partial charge in [0.1, 0.15) is 12.2 Å². The number of hydrogen-bond acceptors (Lipinski definition) is 1. The predicted molar refractivity (Wildman–Crippen MR) is 87.1 cm³/mol. The van der Waals surface area contributed by atoms with Crippen molar-refractivity contribution in [2.45, 2.75) is 24.6 Å². The van der Waals surface area contributed by atoms with E-state index in [0.717, 1.165) is 36.4 Å². The zero-order valence-electron chi connectivity index (χ0n) is 13.6. The van der Waals surface area contributed by atoms with Crippen LogP contribution in [0.2, 0.25) is 0 Å². The minimum atomic E-state index is -4.58. The van der Waals surface area contributed by atoms with Crippen molar-refractivity contribution in [3.05, 3.63) is 70.8 Å². The third-order valence-electron chi connectivity index (χ3n) is 3.61. The lowest BCUT2D eigenvalue weighted by molar-refractivity contribution is -0.138. The van der Waals surface area contributed by atoms with E-state index in [-0.39, 0.29) is 11.1 Å². The highest BCUT2D eigenvalue weighted by Crippen LogP contribution is 2.34. The van der Waals surface area contributed by atoms with Gasteiger partial charge in [0.2, 0.25) is 0 Å². The van der Waals surface area contributed by atoms with Crippen LogP contribution < -0.4 is 0 Å². The first-order chi connectivity index (χ1) is 12.6. The Kier molecular flexibility index (Phi) is 5.88. The summed E-state index contributed by atoms with van der Waals surface area (Å²) in [5.41, 5.74) is -1.83. The van der Waals surface area contributed by atoms with Crippen molar-refractivity contribution in [3.63, 3.8) is 0 Å². The second kappa shape index (κ2) is 7.77. The number of hydrogen-bond donors (Lipinski definition) is 0. The highest BCUT2D eigenvalue weighted by molar-refractivity contribution is 5.33. The molecule has 2 atom stereocenters. The third kappa shape index (κ3) is 5.06. The fourth-order valence-electron chi connectivity index (χ4n) is 2.32. The molecule has 7 heteroatoms. The molecule has 2 unspecified atom stereocenters. The van der Waals surface area contributed by atoms with E-state index in [1.165, 1.54) is 12.1 Å². The molecule has 2 aromatic rings. The van der Waals surface area contributed by atoms with Crippen molar-refractivity contribution < 1.29 is 31.1 Å². The Morgan fingerprint density at radius 2 is 1.07 bits per heavy atom. The van der Waals surface area contributed by atoms with Gasteiger partial charge in [-0.15, -0.1) is 12.8 Å². The van der Waals surface area contributed by atoms with Gasteiger partial charge in [-0.2, -0.15) is 26.3 Å². The fraction of sp³-hybridized carbons (Fsp3) is 0.200. The molecule has 0 fully saturated rings.